The largest absolute Gasteiger partial charge is 0.466 e. The van der Waals surface area contributed by atoms with E-state index in [1.807, 2.05) is 6.92 Å². The van der Waals surface area contributed by atoms with E-state index < -0.39 is 28.1 Å². The first kappa shape index (κ1) is 25.2. The fourth-order valence-corrected chi connectivity index (χ4v) is 5.91. The van der Waals surface area contributed by atoms with Gasteiger partial charge in [0.25, 0.3) is 5.91 Å². The molecule has 9 nitrogen and oxygen atoms in total. The average Bonchev–Trinajstić information content (AvgIpc) is 3.30. The molecule has 2 heterocycles. The van der Waals surface area contributed by atoms with E-state index in [1.165, 1.54) is 23.4 Å². The summed E-state index contributed by atoms with van der Waals surface area (Å²) in [5.74, 6) is -1.55. The second-order valence-corrected chi connectivity index (χ2v) is 10.4. The van der Waals surface area contributed by atoms with Crippen molar-refractivity contribution < 1.29 is 32.3 Å². The van der Waals surface area contributed by atoms with Crippen molar-refractivity contribution in [1.82, 2.24) is 9.21 Å². The highest BCUT2D eigenvalue weighted by atomic mass is 32.2. The van der Waals surface area contributed by atoms with Crippen LogP contribution in [0, 0.1) is 12.8 Å². The van der Waals surface area contributed by atoms with Gasteiger partial charge in [-0.25, -0.2) is 8.42 Å². The Balaban J connectivity index is 1.59. The normalized spacial score (nSPS) is 20.9. The lowest BCUT2D eigenvalue weighted by Crippen LogP contribution is -2.47. The summed E-state index contributed by atoms with van der Waals surface area (Å²) in [7, 11) is -3.85. The van der Waals surface area contributed by atoms with Crippen LogP contribution < -0.4 is 0 Å². The predicted molar refractivity (Wildman–Crippen MR) is 120 cm³/mol. The molecule has 0 bridgehead atoms. The maximum Gasteiger partial charge on any atom is 0.325 e. The minimum Gasteiger partial charge on any atom is -0.466 e. The number of amides is 1. The van der Waals surface area contributed by atoms with Crippen LogP contribution in [0.25, 0.3) is 0 Å². The van der Waals surface area contributed by atoms with Crippen molar-refractivity contribution in [2.75, 3.05) is 26.2 Å². The molecule has 2 fully saturated rings. The summed E-state index contributed by atoms with van der Waals surface area (Å²) in [6.07, 6.45) is 0.832. The van der Waals surface area contributed by atoms with Crippen LogP contribution in [0.15, 0.2) is 29.2 Å². The lowest BCUT2D eigenvalue weighted by molar-refractivity contribution is -0.163. The average molecular weight is 481 g/mol. The number of piperidine rings is 1. The zero-order valence-corrected chi connectivity index (χ0v) is 20.2. The molecule has 0 N–H and O–H groups in total. The minimum absolute atomic E-state index is 0.126. The lowest BCUT2D eigenvalue weighted by Gasteiger charge is -2.32. The Morgan fingerprint density at radius 1 is 1.03 bits per heavy atom. The Labute approximate surface area is 195 Å². The zero-order chi connectivity index (χ0) is 24.2. The number of sulfonamides is 1. The highest BCUT2D eigenvalue weighted by Crippen LogP contribution is 2.28. The molecule has 0 saturated carbocycles. The van der Waals surface area contributed by atoms with Gasteiger partial charge in [-0.05, 0) is 58.6 Å². The van der Waals surface area contributed by atoms with Crippen LogP contribution in [0.3, 0.4) is 0 Å². The fraction of sp³-hybridized carbons (Fsp3) is 0.609. The second-order valence-electron chi connectivity index (χ2n) is 8.52. The van der Waals surface area contributed by atoms with Crippen molar-refractivity contribution in [2.45, 2.75) is 63.5 Å². The Hall–Kier alpha value is -2.46. The number of likely N-dealkylation sites (tertiary alicyclic amines) is 1. The van der Waals surface area contributed by atoms with Gasteiger partial charge < -0.3 is 14.4 Å². The van der Waals surface area contributed by atoms with Gasteiger partial charge in [-0.1, -0.05) is 17.7 Å². The number of hydrogen-bond donors (Lipinski definition) is 0. The molecule has 0 spiro atoms. The summed E-state index contributed by atoms with van der Waals surface area (Å²) in [6, 6.07) is 5.51. The molecule has 2 saturated heterocycles. The van der Waals surface area contributed by atoms with Crippen molar-refractivity contribution in [3.63, 3.8) is 0 Å². The topological polar surface area (TPSA) is 110 Å². The number of esters is 2. The number of ether oxygens (including phenoxy) is 2. The van der Waals surface area contributed by atoms with Crippen molar-refractivity contribution in [3.8, 4) is 0 Å². The summed E-state index contributed by atoms with van der Waals surface area (Å²) >= 11 is 0. The second kappa shape index (κ2) is 10.6. The molecule has 2 aliphatic heterocycles. The van der Waals surface area contributed by atoms with Crippen molar-refractivity contribution in [2.24, 2.45) is 5.92 Å². The van der Waals surface area contributed by atoms with Gasteiger partial charge in [0.15, 0.2) is 6.10 Å². The van der Waals surface area contributed by atoms with Crippen molar-refractivity contribution >= 4 is 27.9 Å². The van der Waals surface area contributed by atoms with Crippen LogP contribution in [0.1, 0.15) is 45.1 Å². The van der Waals surface area contributed by atoms with E-state index in [0.29, 0.717) is 45.4 Å². The molecule has 33 heavy (non-hydrogen) atoms. The van der Waals surface area contributed by atoms with Gasteiger partial charge in [-0.3, -0.25) is 14.4 Å². The quantitative estimate of drug-likeness (QED) is 0.548. The standard InChI is InChI=1S/C23H32N2O7S/c1-4-31-22(27)18-11-14-24(15-12-18)21(26)17(3)32-23(28)20-6-5-13-25(20)33(29,30)19-9-7-16(2)8-10-19/h7-10,17-18,20H,4-6,11-15H2,1-3H3/t17-,20+/m0/s1. The summed E-state index contributed by atoms with van der Waals surface area (Å²) < 4.78 is 37.8. The highest BCUT2D eigenvalue weighted by Gasteiger charge is 2.41. The molecule has 0 radical (unpaired) electrons. The van der Waals surface area contributed by atoms with E-state index in [9.17, 15) is 22.8 Å². The maximum atomic E-state index is 13.1. The van der Waals surface area contributed by atoms with Crippen LogP contribution in [0.2, 0.25) is 0 Å². The molecule has 182 valence electrons. The summed E-state index contributed by atoms with van der Waals surface area (Å²) in [5, 5.41) is 0. The molecule has 1 amide bonds. The molecule has 1 aromatic rings. The first-order valence-corrected chi connectivity index (χ1v) is 12.8. The Morgan fingerprint density at radius 2 is 1.67 bits per heavy atom. The van der Waals surface area contributed by atoms with Gasteiger partial charge in [0.2, 0.25) is 10.0 Å². The number of rotatable bonds is 7. The van der Waals surface area contributed by atoms with Gasteiger partial charge in [0, 0.05) is 19.6 Å². The van der Waals surface area contributed by atoms with E-state index in [4.69, 9.17) is 9.47 Å². The number of hydrogen-bond acceptors (Lipinski definition) is 7. The third kappa shape index (κ3) is 5.73. The highest BCUT2D eigenvalue weighted by molar-refractivity contribution is 7.89. The lowest BCUT2D eigenvalue weighted by atomic mass is 9.97. The van der Waals surface area contributed by atoms with Crippen molar-refractivity contribution in [3.05, 3.63) is 29.8 Å². The smallest absolute Gasteiger partial charge is 0.325 e. The van der Waals surface area contributed by atoms with Gasteiger partial charge in [-0.2, -0.15) is 4.31 Å². The van der Waals surface area contributed by atoms with E-state index in [0.717, 1.165) is 5.56 Å². The first-order valence-electron chi connectivity index (χ1n) is 11.4. The molecule has 0 aromatic heterocycles. The molecule has 2 atom stereocenters. The summed E-state index contributed by atoms with van der Waals surface area (Å²) in [6.45, 7) is 6.41. The SMILES string of the molecule is CCOC(=O)C1CCN(C(=O)[C@H](C)OC(=O)[C@H]2CCCN2S(=O)(=O)c2ccc(C)cc2)CC1. The van der Waals surface area contributed by atoms with Crippen LogP contribution in [-0.2, 0) is 33.9 Å². The van der Waals surface area contributed by atoms with Crippen LogP contribution in [0.5, 0.6) is 0 Å². The third-order valence-corrected chi connectivity index (χ3v) is 8.09. The number of benzene rings is 1. The number of aryl methyl sites for hydroxylation is 1. The molecule has 10 heteroatoms. The van der Waals surface area contributed by atoms with Crippen LogP contribution in [-0.4, -0.2) is 73.9 Å². The Morgan fingerprint density at radius 3 is 2.27 bits per heavy atom. The van der Waals surface area contributed by atoms with E-state index in [-0.39, 0.29) is 29.2 Å². The fourth-order valence-electron chi connectivity index (χ4n) is 4.27. The summed E-state index contributed by atoms with van der Waals surface area (Å²) in [5.41, 5.74) is 0.935. The first-order chi connectivity index (χ1) is 15.6. The van der Waals surface area contributed by atoms with Gasteiger partial charge in [0.05, 0.1) is 17.4 Å². The third-order valence-electron chi connectivity index (χ3n) is 6.17. The Kier molecular flexibility index (Phi) is 8.12. The van der Waals surface area contributed by atoms with Gasteiger partial charge in [-0.15, -0.1) is 0 Å². The molecule has 0 unspecified atom stereocenters. The molecule has 1 aromatic carbocycles. The van der Waals surface area contributed by atoms with E-state index >= 15 is 0 Å². The molecule has 2 aliphatic rings. The predicted octanol–water partition coefficient (Wildman–Crippen LogP) is 1.88. The van der Waals surface area contributed by atoms with Crippen LogP contribution >= 0.6 is 0 Å². The number of carbonyl (C=O) groups excluding carboxylic acids is 3. The molecule has 0 aliphatic carbocycles. The number of nitrogens with zero attached hydrogens (tertiary/aromatic N) is 2. The van der Waals surface area contributed by atoms with Gasteiger partial charge in [0.1, 0.15) is 6.04 Å². The van der Waals surface area contributed by atoms with E-state index in [2.05, 4.69) is 0 Å². The van der Waals surface area contributed by atoms with Crippen LogP contribution in [0.4, 0.5) is 0 Å². The zero-order valence-electron chi connectivity index (χ0n) is 19.4. The summed E-state index contributed by atoms with van der Waals surface area (Å²) in [4.78, 5) is 39.2. The van der Waals surface area contributed by atoms with E-state index in [1.54, 1.807) is 24.0 Å². The number of carbonyl (C=O) groups is 3. The van der Waals surface area contributed by atoms with Gasteiger partial charge >= 0.3 is 11.9 Å². The minimum atomic E-state index is -3.85. The molecular formula is C23H32N2O7S. The monoisotopic (exact) mass is 480 g/mol. The van der Waals surface area contributed by atoms with Crippen molar-refractivity contribution in [1.29, 1.82) is 0 Å². The maximum absolute atomic E-state index is 13.1. The molecule has 3 rings (SSSR count). The molecular weight excluding hydrogens is 448 g/mol. The Bertz CT molecular complexity index is 969.